The molecule has 0 saturated heterocycles. The number of aromatic hydroxyl groups is 2. The number of nitrogens with zero attached hydrogens (tertiary/aromatic N) is 1. The van der Waals surface area contributed by atoms with Crippen LogP contribution in [0.1, 0.15) is 15.9 Å². The van der Waals surface area contributed by atoms with E-state index in [-0.39, 0.29) is 21.9 Å². The second-order valence-corrected chi connectivity index (χ2v) is 5.67. The molecule has 2 aromatic carbocycles. The van der Waals surface area contributed by atoms with Crippen LogP contribution in [0.2, 0.25) is 0 Å². The van der Waals surface area contributed by atoms with E-state index in [1.54, 1.807) is 30.3 Å². The van der Waals surface area contributed by atoms with Crippen LogP contribution in [-0.2, 0) is 0 Å². The molecule has 0 aliphatic heterocycles. The van der Waals surface area contributed by atoms with Gasteiger partial charge in [-0.3, -0.25) is 4.79 Å². The molecule has 2 rings (SSSR count). The Labute approximate surface area is 137 Å². The maximum absolute atomic E-state index is 11.8. The first-order valence-corrected chi connectivity index (χ1v) is 7.37. The van der Waals surface area contributed by atoms with Crippen molar-refractivity contribution in [1.82, 2.24) is 5.43 Å². The van der Waals surface area contributed by atoms with Crippen molar-refractivity contribution >= 4 is 44.0 Å². The number of phenolic OH excluding ortho intramolecular Hbond substituents is 2. The van der Waals surface area contributed by atoms with Crippen LogP contribution in [0.15, 0.2) is 50.4 Å². The number of halogens is 2. The minimum atomic E-state index is -0.343. The van der Waals surface area contributed by atoms with Crippen LogP contribution in [0.4, 0.5) is 0 Å². The Hall–Kier alpha value is -1.86. The topological polar surface area (TPSA) is 81.9 Å². The third kappa shape index (κ3) is 3.62. The van der Waals surface area contributed by atoms with Crippen molar-refractivity contribution in [2.45, 2.75) is 0 Å². The minimum absolute atomic E-state index is 0.271. The molecule has 0 aliphatic rings. The molecule has 108 valence electrons. The third-order valence-corrected chi connectivity index (χ3v) is 4.04. The average molecular weight is 414 g/mol. The first-order valence-electron chi connectivity index (χ1n) is 5.79. The van der Waals surface area contributed by atoms with E-state index < -0.39 is 0 Å². The number of rotatable bonds is 3. The number of hydrazone groups is 1. The van der Waals surface area contributed by atoms with Gasteiger partial charge in [-0.05, 0) is 50.1 Å². The van der Waals surface area contributed by atoms with Gasteiger partial charge in [-0.1, -0.05) is 18.2 Å². The van der Waals surface area contributed by atoms with Gasteiger partial charge in [0.1, 0.15) is 0 Å². The van der Waals surface area contributed by atoms with Crippen LogP contribution >= 0.6 is 31.9 Å². The van der Waals surface area contributed by atoms with Gasteiger partial charge in [0.15, 0.2) is 11.5 Å². The van der Waals surface area contributed by atoms with Crippen molar-refractivity contribution in [1.29, 1.82) is 0 Å². The van der Waals surface area contributed by atoms with Gasteiger partial charge < -0.3 is 10.2 Å². The Morgan fingerprint density at radius 2 is 1.81 bits per heavy atom. The van der Waals surface area contributed by atoms with Gasteiger partial charge in [-0.25, -0.2) is 5.43 Å². The van der Waals surface area contributed by atoms with Gasteiger partial charge >= 0.3 is 0 Å². The van der Waals surface area contributed by atoms with Crippen molar-refractivity contribution in [3.8, 4) is 11.5 Å². The number of hydrogen-bond acceptors (Lipinski definition) is 4. The summed E-state index contributed by atoms with van der Waals surface area (Å²) in [4.78, 5) is 11.8. The SMILES string of the molecule is O=C(N/N=C/c1cc(Br)c(O)c(O)c1Br)c1ccccc1. The first-order chi connectivity index (χ1) is 10.0. The number of carbonyl (C=O) groups is 1. The van der Waals surface area contributed by atoms with Gasteiger partial charge in [-0.15, -0.1) is 0 Å². The largest absolute Gasteiger partial charge is 0.503 e. The highest BCUT2D eigenvalue weighted by Gasteiger charge is 2.12. The molecule has 5 nitrogen and oxygen atoms in total. The Bertz CT molecular complexity index is 703. The lowest BCUT2D eigenvalue weighted by atomic mass is 10.2. The molecule has 0 fully saturated rings. The molecule has 0 radical (unpaired) electrons. The number of amides is 1. The Morgan fingerprint density at radius 1 is 1.14 bits per heavy atom. The molecule has 7 heteroatoms. The van der Waals surface area contributed by atoms with Crippen molar-refractivity contribution in [3.63, 3.8) is 0 Å². The quantitative estimate of drug-likeness (QED) is 0.409. The number of nitrogens with one attached hydrogen (secondary N) is 1. The predicted octanol–water partition coefficient (Wildman–Crippen LogP) is 3.39. The molecule has 0 atom stereocenters. The highest BCUT2D eigenvalue weighted by Crippen LogP contribution is 2.40. The zero-order chi connectivity index (χ0) is 15.4. The molecular weight excluding hydrogens is 404 g/mol. The van der Waals surface area contributed by atoms with Gasteiger partial charge in [-0.2, -0.15) is 5.10 Å². The van der Waals surface area contributed by atoms with Crippen molar-refractivity contribution in [2.24, 2.45) is 5.10 Å². The third-order valence-electron chi connectivity index (χ3n) is 2.60. The van der Waals surface area contributed by atoms with Crippen molar-refractivity contribution in [3.05, 3.63) is 56.5 Å². The van der Waals surface area contributed by atoms with E-state index in [4.69, 9.17) is 0 Å². The normalized spacial score (nSPS) is 10.8. The summed E-state index contributed by atoms with van der Waals surface area (Å²) in [7, 11) is 0. The zero-order valence-electron chi connectivity index (χ0n) is 10.5. The van der Waals surface area contributed by atoms with E-state index >= 15 is 0 Å². The monoisotopic (exact) mass is 412 g/mol. The molecular formula is C14H10Br2N2O3. The van der Waals surface area contributed by atoms with Crippen molar-refractivity contribution < 1.29 is 15.0 Å². The lowest BCUT2D eigenvalue weighted by Crippen LogP contribution is -2.17. The zero-order valence-corrected chi connectivity index (χ0v) is 13.7. The second-order valence-electron chi connectivity index (χ2n) is 4.02. The van der Waals surface area contributed by atoms with Crippen LogP contribution in [-0.4, -0.2) is 22.3 Å². The number of benzene rings is 2. The molecule has 2 aromatic rings. The fourth-order valence-electron chi connectivity index (χ4n) is 1.53. The maximum Gasteiger partial charge on any atom is 0.271 e. The minimum Gasteiger partial charge on any atom is -0.503 e. The molecule has 0 heterocycles. The first kappa shape index (κ1) is 15.5. The van der Waals surface area contributed by atoms with Crippen LogP contribution in [0.25, 0.3) is 0 Å². The number of phenols is 2. The summed E-state index contributed by atoms with van der Waals surface area (Å²) in [6, 6.07) is 10.2. The van der Waals surface area contributed by atoms with Gasteiger partial charge in [0, 0.05) is 11.1 Å². The molecule has 3 N–H and O–H groups in total. The molecule has 0 unspecified atom stereocenters. The fraction of sp³-hybridized carbons (Fsp3) is 0. The van der Waals surface area contributed by atoms with E-state index in [1.165, 1.54) is 6.21 Å². The molecule has 0 aromatic heterocycles. The molecule has 0 saturated carbocycles. The van der Waals surface area contributed by atoms with Crippen LogP contribution < -0.4 is 5.43 Å². The van der Waals surface area contributed by atoms with Crippen LogP contribution in [0, 0.1) is 0 Å². The summed E-state index contributed by atoms with van der Waals surface area (Å²) in [5.74, 6) is -0.919. The molecule has 0 aliphatic carbocycles. The molecule has 21 heavy (non-hydrogen) atoms. The number of carbonyl (C=O) groups excluding carboxylic acids is 1. The highest BCUT2D eigenvalue weighted by atomic mass is 79.9. The molecule has 0 bridgehead atoms. The van der Waals surface area contributed by atoms with Gasteiger partial charge in [0.05, 0.1) is 15.2 Å². The standard InChI is InChI=1S/C14H10Br2N2O3/c15-10-6-9(11(16)13(20)12(10)19)7-17-18-14(21)8-4-2-1-3-5-8/h1-7,19-20H,(H,18,21)/b17-7+. The Kier molecular flexibility index (Phi) is 4.98. The summed E-state index contributed by atoms with van der Waals surface area (Å²) in [6.45, 7) is 0. The van der Waals surface area contributed by atoms with E-state index in [9.17, 15) is 15.0 Å². The van der Waals surface area contributed by atoms with E-state index in [0.29, 0.717) is 15.6 Å². The lowest BCUT2D eigenvalue weighted by Gasteiger charge is -2.06. The summed E-state index contributed by atoms with van der Waals surface area (Å²) < 4.78 is 0.597. The summed E-state index contributed by atoms with van der Waals surface area (Å²) in [5, 5.41) is 23.0. The van der Waals surface area contributed by atoms with Gasteiger partial charge in [0.2, 0.25) is 0 Å². The summed E-state index contributed by atoms with van der Waals surface area (Å²) in [6.07, 6.45) is 1.36. The van der Waals surface area contributed by atoms with E-state index in [0.717, 1.165) is 0 Å². The van der Waals surface area contributed by atoms with Crippen molar-refractivity contribution in [2.75, 3.05) is 0 Å². The van der Waals surface area contributed by atoms with E-state index in [1.807, 2.05) is 6.07 Å². The summed E-state index contributed by atoms with van der Waals surface area (Å²) >= 11 is 6.25. The Morgan fingerprint density at radius 3 is 2.48 bits per heavy atom. The van der Waals surface area contributed by atoms with Crippen LogP contribution in [0.3, 0.4) is 0 Å². The average Bonchev–Trinajstić information content (AvgIpc) is 2.51. The number of hydrogen-bond donors (Lipinski definition) is 3. The second kappa shape index (κ2) is 6.73. The summed E-state index contributed by atoms with van der Waals surface area (Å²) in [5.41, 5.74) is 3.36. The fourth-order valence-corrected chi connectivity index (χ4v) is 2.37. The highest BCUT2D eigenvalue weighted by molar-refractivity contribution is 9.11. The van der Waals surface area contributed by atoms with Crippen LogP contribution in [0.5, 0.6) is 11.5 Å². The predicted molar refractivity (Wildman–Crippen MR) is 86.7 cm³/mol. The molecule has 0 spiro atoms. The maximum atomic E-state index is 11.8. The lowest BCUT2D eigenvalue weighted by molar-refractivity contribution is 0.0955. The smallest absolute Gasteiger partial charge is 0.271 e. The van der Waals surface area contributed by atoms with E-state index in [2.05, 4.69) is 42.4 Å². The van der Waals surface area contributed by atoms with Gasteiger partial charge in [0.25, 0.3) is 5.91 Å². The molecule has 1 amide bonds. The Balaban J connectivity index is 2.14.